The van der Waals surface area contributed by atoms with Crippen LogP contribution < -0.4 is 10.6 Å². The first kappa shape index (κ1) is 32.1. The maximum absolute atomic E-state index is 10.6. The van der Waals surface area contributed by atoms with Crippen molar-refractivity contribution in [2.24, 2.45) is 0 Å². The van der Waals surface area contributed by atoms with E-state index in [1.807, 2.05) is 14.1 Å². The van der Waals surface area contributed by atoms with Gasteiger partial charge in [-0.25, -0.2) is 4.79 Å². The Kier molecular flexibility index (Phi) is 9.87. The van der Waals surface area contributed by atoms with Gasteiger partial charge in [-0.1, -0.05) is 54.1 Å². The monoisotopic (exact) mass is 594 g/mol. The molecule has 43 heavy (non-hydrogen) atoms. The van der Waals surface area contributed by atoms with Gasteiger partial charge in [-0.15, -0.1) is 0 Å². The molecule has 2 aromatic carbocycles. The van der Waals surface area contributed by atoms with Gasteiger partial charge in [0.15, 0.2) is 0 Å². The minimum Gasteiger partial charge on any atom is -0.475 e. The van der Waals surface area contributed by atoms with Crippen molar-refractivity contribution in [3.8, 4) is 0 Å². The molecule has 0 amide bonds. The summed E-state index contributed by atoms with van der Waals surface area (Å²) in [6.07, 6.45) is 5.33. The average molecular weight is 595 g/mol. The normalized spacial score (nSPS) is 18.2. The zero-order valence-corrected chi connectivity index (χ0v) is 25.4. The Balaban J connectivity index is 0.000000541. The van der Waals surface area contributed by atoms with Gasteiger partial charge in [0.2, 0.25) is 0 Å². The van der Waals surface area contributed by atoms with Crippen LogP contribution in [0.3, 0.4) is 0 Å². The molecule has 0 unspecified atom stereocenters. The van der Waals surface area contributed by atoms with Gasteiger partial charge >= 0.3 is 12.1 Å². The van der Waals surface area contributed by atoms with Gasteiger partial charge in [0, 0.05) is 39.1 Å². The molecule has 6 nitrogen and oxygen atoms in total. The number of allylic oxidation sites excluding steroid dienone is 3. The van der Waals surface area contributed by atoms with Crippen LogP contribution in [0.15, 0.2) is 66.3 Å². The highest BCUT2D eigenvalue weighted by molar-refractivity contribution is 5.88. The summed E-state index contributed by atoms with van der Waals surface area (Å²) < 4.78 is 34.4. The minimum atomic E-state index is -5.08. The van der Waals surface area contributed by atoms with E-state index in [2.05, 4.69) is 108 Å². The van der Waals surface area contributed by atoms with Gasteiger partial charge in [0.1, 0.15) is 0 Å². The number of nitrogens with one attached hydrogen (secondary N) is 3. The summed E-state index contributed by atoms with van der Waals surface area (Å²) in [6, 6.07) is 17.7. The highest BCUT2D eigenvalue weighted by Gasteiger charge is 2.41. The van der Waals surface area contributed by atoms with Gasteiger partial charge in [-0.2, -0.15) is 13.2 Å². The van der Waals surface area contributed by atoms with Gasteiger partial charge in [-0.05, 0) is 96.6 Å². The summed E-state index contributed by atoms with van der Waals surface area (Å²) in [6.45, 7) is 8.81. The van der Waals surface area contributed by atoms with E-state index in [0.29, 0.717) is 5.92 Å². The highest BCUT2D eigenvalue weighted by Crippen LogP contribution is 2.49. The number of rotatable bonds is 9. The second-order valence-electron chi connectivity index (χ2n) is 11.5. The van der Waals surface area contributed by atoms with Gasteiger partial charge in [0.25, 0.3) is 0 Å². The fraction of sp³-hybridized carbons (Fsp3) is 0.382. The van der Waals surface area contributed by atoms with E-state index in [4.69, 9.17) is 9.90 Å². The molecule has 1 aliphatic heterocycles. The SMILES string of the molecule is CNCCc1c(/C=C/[C@@]2(C)C[C@H](C=C(C)C)c3c(CCNC)c4ccccc4n32)[nH]c2ccccc12.O=C(O)C(F)(F)F. The first-order valence-corrected chi connectivity index (χ1v) is 14.6. The second-order valence-corrected chi connectivity index (χ2v) is 11.5. The van der Waals surface area contributed by atoms with Crippen LogP contribution in [0.4, 0.5) is 13.2 Å². The van der Waals surface area contributed by atoms with E-state index in [9.17, 15) is 13.2 Å². The summed E-state index contributed by atoms with van der Waals surface area (Å²) in [4.78, 5) is 12.6. The summed E-state index contributed by atoms with van der Waals surface area (Å²) in [5, 5.41) is 16.5. The quantitative estimate of drug-likeness (QED) is 0.155. The molecule has 4 N–H and O–H groups in total. The molecule has 5 rings (SSSR count). The van der Waals surface area contributed by atoms with Crippen LogP contribution in [0.25, 0.3) is 27.9 Å². The third-order valence-corrected chi connectivity index (χ3v) is 8.00. The average Bonchev–Trinajstić information content (AvgIpc) is 3.57. The largest absolute Gasteiger partial charge is 0.490 e. The number of para-hydroxylation sites is 2. The number of benzene rings is 2. The van der Waals surface area contributed by atoms with Crippen molar-refractivity contribution in [2.45, 2.75) is 57.7 Å². The number of H-pyrrole nitrogens is 1. The van der Waals surface area contributed by atoms with Crippen LogP contribution in [-0.4, -0.2) is 54.0 Å². The Morgan fingerprint density at radius 2 is 1.60 bits per heavy atom. The van der Waals surface area contributed by atoms with Crippen molar-refractivity contribution in [2.75, 3.05) is 27.2 Å². The van der Waals surface area contributed by atoms with Crippen LogP contribution >= 0.6 is 0 Å². The van der Waals surface area contributed by atoms with Crippen LogP contribution in [0.5, 0.6) is 0 Å². The smallest absolute Gasteiger partial charge is 0.475 e. The van der Waals surface area contributed by atoms with Crippen LogP contribution in [0, 0.1) is 0 Å². The molecule has 9 heteroatoms. The highest BCUT2D eigenvalue weighted by atomic mass is 19.4. The molecule has 0 fully saturated rings. The molecule has 3 heterocycles. The Labute approximate surface area is 250 Å². The van der Waals surface area contributed by atoms with E-state index in [0.717, 1.165) is 32.4 Å². The summed E-state index contributed by atoms with van der Waals surface area (Å²) in [5.74, 6) is -2.34. The molecule has 0 saturated carbocycles. The van der Waals surface area contributed by atoms with E-state index < -0.39 is 12.1 Å². The van der Waals surface area contributed by atoms with Crippen molar-refractivity contribution in [1.29, 1.82) is 0 Å². The molecule has 230 valence electrons. The third-order valence-electron chi connectivity index (χ3n) is 8.00. The Bertz CT molecular complexity index is 1640. The molecule has 4 aromatic rings. The number of aromatic nitrogens is 2. The van der Waals surface area contributed by atoms with Crippen molar-refractivity contribution in [3.05, 3.63) is 88.8 Å². The predicted octanol–water partition coefficient (Wildman–Crippen LogP) is 7.16. The lowest BCUT2D eigenvalue weighted by Gasteiger charge is -2.25. The third kappa shape index (κ3) is 6.89. The number of halogens is 3. The summed E-state index contributed by atoms with van der Waals surface area (Å²) in [7, 11) is 4.07. The van der Waals surface area contributed by atoms with E-state index in [-0.39, 0.29) is 5.54 Å². The number of hydrogen-bond acceptors (Lipinski definition) is 3. The Morgan fingerprint density at radius 3 is 2.21 bits per heavy atom. The van der Waals surface area contributed by atoms with E-state index in [1.54, 1.807) is 0 Å². The fourth-order valence-corrected chi connectivity index (χ4v) is 6.24. The Morgan fingerprint density at radius 1 is 1.02 bits per heavy atom. The van der Waals surface area contributed by atoms with Gasteiger partial charge in [-0.3, -0.25) is 0 Å². The summed E-state index contributed by atoms with van der Waals surface area (Å²) in [5.41, 5.74) is 9.45. The maximum Gasteiger partial charge on any atom is 0.490 e. The summed E-state index contributed by atoms with van der Waals surface area (Å²) >= 11 is 0. The lowest BCUT2D eigenvalue weighted by molar-refractivity contribution is -0.192. The van der Waals surface area contributed by atoms with E-state index >= 15 is 0 Å². The molecule has 0 aliphatic carbocycles. The molecule has 2 aromatic heterocycles. The van der Waals surface area contributed by atoms with E-state index in [1.165, 1.54) is 49.9 Å². The number of likely N-dealkylation sites (N-methyl/N-ethyl adjacent to an activating group) is 2. The van der Waals surface area contributed by atoms with Crippen molar-refractivity contribution >= 4 is 33.9 Å². The topological polar surface area (TPSA) is 82.1 Å². The molecular formula is C34H41F3N4O2. The standard InChI is InChI=1S/C32H40N4.C2HF3O2/c1-22(2)20-23-21-32(3,36-30-13-9-7-11-26(30)27(31(23)36)16-19-34-5)17-14-29-25(15-18-33-4)24-10-6-8-12-28(24)35-29;3-2(4,5)1(6)7/h6-14,17,20,23,33-35H,15-16,18-19,21H2,1-5H3;(H,6,7)/b17-14+;/t23-,32-;/m0./s1. The van der Waals surface area contributed by atoms with Crippen molar-refractivity contribution < 1.29 is 23.1 Å². The molecule has 0 spiro atoms. The first-order valence-electron chi connectivity index (χ1n) is 14.6. The van der Waals surface area contributed by atoms with Crippen LogP contribution in [0.1, 0.15) is 55.6 Å². The number of aromatic amines is 1. The van der Waals surface area contributed by atoms with Crippen molar-refractivity contribution in [1.82, 2.24) is 20.2 Å². The molecule has 0 radical (unpaired) electrons. The fourth-order valence-electron chi connectivity index (χ4n) is 6.24. The number of hydrogen-bond donors (Lipinski definition) is 4. The molecule has 1 aliphatic rings. The zero-order chi connectivity index (χ0) is 31.4. The number of nitrogens with zero attached hydrogens (tertiary/aromatic N) is 1. The molecular weight excluding hydrogens is 553 g/mol. The molecule has 0 saturated heterocycles. The van der Waals surface area contributed by atoms with Gasteiger partial charge in [0.05, 0.1) is 5.54 Å². The second kappa shape index (κ2) is 13.2. The van der Waals surface area contributed by atoms with Crippen molar-refractivity contribution in [3.63, 3.8) is 0 Å². The maximum atomic E-state index is 10.6. The number of carboxylic acids is 1. The zero-order valence-electron chi connectivity index (χ0n) is 25.4. The lowest BCUT2D eigenvalue weighted by Crippen LogP contribution is -2.23. The van der Waals surface area contributed by atoms with Crippen LogP contribution in [-0.2, 0) is 23.2 Å². The molecule has 2 atom stereocenters. The minimum absolute atomic E-state index is 0.110. The van der Waals surface area contributed by atoms with Gasteiger partial charge < -0.3 is 25.3 Å². The number of aliphatic carboxylic acids is 1. The number of alkyl halides is 3. The molecule has 0 bridgehead atoms. The number of carbonyl (C=O) groups is 1. The first-order chi connectivity index (χ1) is 20.4. The predicted molar refractivity (Wildman–Crippen MR) is 169 cm³/mol. The lowest BCUT2D eigenvalue weighted by atomic mass is 9.88. The Hall–Kier alpha value is -3.82. The van der Waals surface area contributed by atoms with Crippen LogP contribution in [0.2, 0.25) is 0 Å². The number of carboxylic acid groups (broad SMARTS) is 1. The number of fused-ring (bicyclic) bond motifs is 4.